The summed E-state index contributed by atoms with van der Waals surface area (Å²) in [5.74, 6) is 0.428. The van der Waals surface area contributed by atoms with Crippen LogP contribution >= 0.6 is 0 Å². The van der Waals surface area contributed by atoms with Crippen LogP contribution in [0.25, 0.3) is 0 Å². The zero-order valence-corrected chi connectivity index (χ0v) is 11.1. The molecule has 0 saturated carbocycles. The van der Waals surface area contributed by atoms with Crippen molar-refractivity contribution in [3.05, 3.63) is 11.6 Å². The molecule has 1 unspecified atom stereocenters. The van der Waals surface area contributed by atoms with Gasteiger partial charge in [-0.25, -0.2) is 4.79 Å². The van der Waals surface area contributed by atoms with Crippen LogP contribution in [0.4, 0.5) is 0 Å². The SMILES string of the molecule is CCC(=CCN1CCC(COC)C1)C(=O)OC. The standard InChI is InChI=1S/C13H23NO3/c1-4-12(13(15)17-3)6-8-14-7-5-11(9-14)10-16-2/h6,11H,4-5,7-10H2,1-3H3. The Morgan fingerprint density at radius 3 is 2.82 bits per heavy atom. The molecule has 4 nitrogen and oxygen atoms in total. The van der Waals surface area contributed by atoms with Crippen molar-refractivity contribution in [3.63, 3.8) is 0 Å². The highest BCUT2D eigenvalue weighted by molar-refractivity contribution is 5.88. The van der Waals surface area contributed by atoms with Crippen LogP contribution in [0.15, 0.2) is 11.6 Å². The zero-order valence-electron chi connectivity index (χ0n) is 11.1. The summed E-state index contributed by atoms with van der Waals surface area (Å²) in [5, 5.41) is 0. The second-order valence-electron chi connectivity index (χ2n) is 4.44. The number of carbonyl (C=O) groups is 1. The molecule has 1 atom stereocenters. The van der Waals surface area contributed by atoms with Gasteiger partial charge in [0.05, 0.1) is 13.7 Å². The first-order valence-corrected chi connectivity index (χ1v) is 6.19. The Morgan fingerprint density at radius 1 is 1.47 bits per heavy atom. The van der Waals surface area contributed by atoms with Gasteiger partial charge in [0.25, 0.3) is 0 Å². The molecule has 1 fully saturated rings. The Bertz CT molecular complexity index is 276. The molecule has 0 aromatic rings. The molecule has 0 N–H and O–H groups in total. The van der Waals surface area contributed by atoms with E-state index < -0.39 is 0 Å². The number of hydrogen-bond donors (Lipinski definition) is 0. The van der Waals surface area contributed by atoms with E-state index in [1.807, 2.05) is 13.0 Å². The average Bonchev–Trinajstić information content (AvgIpc) is 2.78. The summed E-state index contributed by atoms with van der Waals surface area (Å²) >= 11 is 0. The van der Waals surface area contributed by atoms with Crippen molar-refractivity contribution < 1.29 is 14.3 Å². The molecule has 0 aromatic carbocycles. The Labute approximate surface area is 104 Å². The summed E-state index contributed by atoms with van der Waals surface area (Å²) < 4.78 is 9.89. The Kier molecular flexibility index (Phi) is 6.22. The maximum absolute atomic E-state index is 11.4. The fourth-order valence-electron chi connectivity index (χ4n) is 2.19. The van der Waals surface area contributed by atoms with Gasteiger partial charge in [-0.05, 0) is 25.3 Å². The minimum atomic E-state index is -0.208. The van der Waals surface area contributed by atoms with E-state index in [1.54, 1.807) is 7.11 Å². The van der Waals surface area contributed by atoms with Gasteiger partial charge in [-0.2, -0.15) is 0 Å². The number of esters is 1. The molecule has 0 bridgehead atoms. The molecule has 1 aliphatic rings. The topological polar surface area (TPSA) is 38.8 Å². The van der Waals surface area contributed by atoms with Crippen LogP contribution in [0.1, 0.15) is 19.8 Å². The van der Waals surface area contributed by atoms with Crippen molar-refractivity contribution in [3.8, 4) is 0 Å². The quantitative estimate of drug-likeness (QED) is 0.521. The molecule has 98 valence electrons. The van der Waals surface area contributed by atoms with Crippen LogP contribution in [0.2, 0.25) is 0 Å². The van der Waals surface area contributed by atoms with E-state index in [2.05, 4.69) is 4.90 Å². The summed E-state index contributed by atoms with van der Waals surface area (Å²) in [6, 6.07) is 0. The van der Waals surface area contributed by atoms with E-state index in [9.17, 15) is 4.79 Å². The fourth-order valence-corrected chi connectivity index (χ4v) is 2.19. The maximum atomic E-state index is 11.4. The highest BCUT2D eigenvalue weighted by Crippen LogP contribution is 2.16. The van der Waals surface area contributed by atoms with Crippen molar-refractivity contribution in [1.82, 2.24) is 4.90 Å². The molecule has 1 aliphatic heterocycles. The number of likely N-dealkylation sites (tertiary alicyclic amines) is 1. The number of nitrogens with zero attached hydrogens (tertiary/aromatic N) is 1. The number of methoxy groups -OCH3 is 2. The lowest BCUT2D eigenvalue weighted by molar-refractivity contribution is -0.136. The summed E-state index contributed by atoms with van der Waals surface area (Å²) in [6.45, 7) is 5.78. The second kappa shape index (κ2) is 7.45. The van der Waals surface area contributed by atoms with Crippen molar-refractivity contribution in [1.29, 1.82) is 0 Å². The van der Waals surface area contributed by atoms with Crippen molar-refractivity contribution in [2.45, 2.75) is 19.8 Å². The largest absolute Gasteiger partial charge is 0.466 e. The molecule has 0 radical (unpaired) electrons. The summed E-state index contributed by atoms with van der Waals surface area (Å²) in [7, 11) is 3.17. The fraction of sp³-hybridized carbons (Fsp3) is 0.769. The number of ether oxygens (including phenoxy) is 2. The molecule has 0 spiro atoms. The molecule has 17 heavy (non-hydrogen) atoms. The molecule has 4 heteroatoms. The number of rotatable bonds is 6. The van der Waals surface area contributed by atoms with Gasteiger partial charge in [0.1, 0.15) is 0 Å². The average molecular weight is 241 g/mol. The number of carbonyl (C=O) groups excluding carboxylic acids is 1. The van der Waals surface area contributed by atoms with E-state index in [4.69, 9.17) is 9.47 Å². The van der Waals surface area contributed by atoms with E-state index in [-0.39, 0.29) is 5.97 Å². The first-order valence-electron chi connectivity index (χ1n) is 6.19. The zero-order chi connectivity index (χ0) is 12.7. The lowest BCUT2D eigenvalue weighted by atomic mass is 10.1. The van der Waals surface area contributed by atoms with Crippen LogP contribution in [-0.4, -0.2) is 51.3 Å². The van der Waals surface area contributed by atoms with Crippen LogP contribution in [0.3, 0.4) is 0 Å². The van der Waals surface area contributed by atoms with Gasteiger partial charge in [0, 0.05) is 25.8 Å². The van der Waals surface area contributed by atoms with Gasteiger partial charge in [-0.3, -0.25) is 4.90 Å². The summed E-state index contributed by atoms with van der Waals surface area (Å²) in [6.07, 6.45) is 3.89. The molecular formula is C13H23NO3. The predicted octanol–water partition coefficient (Wildman–Crippen LogP) is 1.46. The summed E-state index contributed by atoms with van der Waals surface area (Å²) in [4.78, 5) is 13.7. The van der Waals surface area contributed by atoms with Gasteiger partial charge in [-0.15, -0.1) is 0 Å². The minimum absolute atomic E-state index is 0.208. The lowest BCUT2D eigenvalue weighted by Crippen LogP contribution is -2.22. The smallest absolute Gasteiger partial charge is 0.333 e. The van der Waals surface area contributed by atoms with Crippen molar-refractivity contribution >= 4 is 5.97 Å². The van der Waals surface area contributed by atoms with Crippen LogP contribution in [-0.2, 0) is 14.3 Å². The van der Waals surface area contributed by atoms with Gasteiger partial charge in [0.2, 0.25) is 0 Å². The summed E-state index contributed by atoms with van der Waals surface area (Å²) in [5.41, 5.74) is 0.766. The van der Waals surface area contributed by atoms with Crippen LogP contribution < -0.4 is 0 Å². The molecule has 1 saturated heterocycles. The Morgan fingerprint density at radius 2 is 2.24 bits per heavy atom. The van der Waals surface area contributed by atoms with Crippen molar-refractivity contribution in [2.24, 2.45) is 5.92 Å². The molecule has 0 aromatic heterocycles. The molecule has 0 amide bonds. The predicted molar refractivity (Wildman–Crippen MR) is 66.8 cm³/mol. The van der Waals surface area contributed by atoms with Gasteiger partial charge < -0.3 is 9.47 Å². The van der Waals surface area contributed by atoms with Crippen molar-refractivity contribution in [2.75, 3.05) is 40.5 Å². The van der Waals surface area contributed by atoms with Crippen LogP contribution in [0.5, 0.6) is 0 Å². The third-order valence-corrected chi connectivity index (χ3v) is 3.20. The van der Waals surface area contributed by atoms with E-state index in [0.29, 0.717) is 5.92 Å². The Hall–Kier alpha value is -0.870. The highest BCUT2D eigenvalue weighted by atomic mass is 16.5. The van der Waals surface area contributed by atoms with E-state index >= 15 is 0 Å². The van der Waals surface area contributed by atoms with Gasteiger partial charge in [-0.1, -0.05) is 13.0 Å². The normalized spacial score (nSPS) is 21.8. The van der Waals surface area contributed by atoms with E-state index in [1.165, 1.54) is 13.5 Å². The highest BCUT2D eigenvalue weighted by Gasteiger charge is 2.21. The molecule has 1 heterocycles. The minimum Gasteiger partial charge on any atom is -0.466 e. The lowest BCUT2D eigenvalue weighted by Gasteiger charge is -2.14. The Balaban J connectivity index is 2.39. The first-order chi connectivity index (χ1) is 8.21. The maximum Gasteiger partial charge on any atom is 0.333 e. The van der Waals surface area contributed by atoms with E-state index in [0.717, 1.165) is 38.2 Å². The molecule has 1 rings (SSSR count). The third-order valence-electron chi connectivity index (χ3n) is 3.20. The molecule has 0 aliphatic carbocycles. The monoisotopic (exact) mass is 241 g/mol. The second-order valence-corrected chi connectivity index (χ2v) is 4.44. The molecular weight excluding hydrogens is 218 g/mol. The van der Waals surface area contributed by atoms with Gasteiger partial charge in [0.15, 0.2) is 0 Å². The first kappa shape index (κ1) is 14.2. The number of hydrogen-bond acceptors (Lipinski definition) is 4. The van der Waals surface area contributed by atoms with Crippen LogP contribution in [0, 0.1) is 5.92 Å². The van der Waals surface area contributed by atoms with Gasteiger partial charge >= 0.3 is 5.97 Å². The third kappa shape index (κ3) is 4.48.